The number of rotatable bonds is 7. The van der Waals surface area contributed by atoms with Gasteiger partial charge in [-0.25, -0.2) is 9.78 Å². The van der Waals surface area contributed by atoms with E-state index in [-0.39, 0.29) is 6.03 Å². The molecule has 3 N–H and O–H groups in total. The van der Waals surface area contributed by atoms with E-state index in [1.165, 1.54) is 24.8 Å². The monoisotopic (exact) mass is 368 g/mol. The summed E-state index contributed by atoms with van der Waals surface area (Å²) in [7, 11) is 1.67. The molecule has 0 bridgehead atoms. The third-order valence-corrected chi connectivity index (χ3v) is 4.84. The summed E-state index contributed by atoms with van der Waals surface area (Å²) < 4.78 is 5.16. The normalized spacial score (nSPS) is 14.4. The van der Waals surface area contributed by atoms with E-state index < -0.39 is 0 Å². The topological polar surface area (TPSA) is 75.3 Å². The first-order valence-electron chi connectivity index (χ1n) is 9.63. The Balaban J connectivity index is 1.40. The number of nitrogens with zero attached hydrogens (tertiary/aromatic N) is 1. The van der Waals surface area contributed by atoms with Crippen molar-refractivity contribution >= 4 is 17.5 Å². The van der Waals surface area contributed by atoms with Crippen LogP contribution in [0.2, 0.25) is 0 Å². The average Bonchev–Trinajstić information content (AvgIpc) is 2.70. The predicted octanol–water partition coefficient (Wildman–Crippen LogP) is 4.20. The lowest BCUT2D eigenvalue weighted by Gasteiger charge is -2.22. The molecule has 1 aromatic heterocycles. The zero-order chi connectivity index (χ0) is 18.9. The van der Waals surface area contributed by atoms with Crippen molar-refractivity contribution in [2.45, 2.75) is 44.6 Å². The van der Waals surface area contributed by atoms with Crippen LogP contribution < -0.4 is 20.7 Å². The number of aromatic nitrogens is 1. The molecular formula is C21H28N4O2. The maximum Gasteiger partial charge on any atom is 0.319 e. The van der Waals surface area contributed by atoms with Gasteiger partial charge in [0.15, 0.2) is 0 Å². The van der Waals surface area contributed by atoms with Crippen LogP contribution in [0.4, 0.5) is 16.3 Å². The van der Waals surface area contributed by atoms with Crippen LogP contribution in [0.5, 0.6) is 5.75 Å². The largest absolute Gasteiger partial charge is 0.497 e. The number of hydrogen-bond acceptors (Lipinski definition) is 4. The van der Waals surface area contributed by atoms with Gasteiger partial charge in [-0.05, 0) is 49.1 Å². The Bertz CT molecular complexity index is 710. The summed E-state index contributed by atoms with van der Waals surface area (Å²) in [6.07, 6.45) is 8.39. The van der Waals surface area contributed by atoms with Crippen molar-refractivity contribution in [1.82, 2.24) is 10.3 Å². The number of ether oxygens (including phenoxy) is 1. The summed E-state index contributed by atoms with van der Waals surface area (Å²) >= 11 is 0. The highest BCUT2D eigenvalue weighted by Crippen LogP contribution is 2.18. The van der Waals surface area contributed by atoms with Crippen molar-refractivity contribution in [3.8, 4) is 5.75 Å². The Morgan fingerprint density at radius 2 is 1.89 bits per heavy atom. The van der Waals surface area contributed by atoms with Crippen LogP contribution in [-0.4, -0.2) is 30.7 Å². The van der Waals surface area contributed by atoms with Gasteiger partial charge >= 0.3 is 6.03 Å². The van der Waals surface area contributed by atoms with Gasteiger partial charge in [0.25, 0.3) is 0 Å². The molecule has 6 heteroatoms. The van der Waals surface area contributed by atoms with Gasteiger partial charge in [0.05, 0.1) is 19.0 Å². The minimum Gasteiger partial charge on any atom is -0.497 e. The first-order chi connectivity index (χ1) is 13.2. The highest BCUT2D eigenvalue weighted by Gasteiger charge is 2.15. The molecule has 1 saturated carbocycles. The van der Waals surface area contributed by atoms with Gasteiger partial charge < -0.3 is 20.7 Å². The first kappa shape index (κ1) is 19.0. The van der Waals surface area contributed by atoms with E-state index in [9.17, 15) is 4.79 Å². The molecule has 1 aliphatic carbocycles. The maximum absolute atomic E-state index is 12.1. The number of methoxy groups -OCH3 is 1. The zero-order valence-corrected chi connectivity index (χ0v) is 15.8. The highest BCUT2D eigenvalue weighted by atomic mass is 16.5. The van der Waals surface area contributed by atoms with E-state index >= 15 is 0 Å². The Morgan fingerprint density at radius 3 is 2.56 bits per heavy atom. The highest BCUT2D eigenvalue weighted by molar-refractivity contribution is 5.89. The molecule has 0 radical (unpaired) electrons. The molecule has 1 aromatic carbocycles. The van der Waals surface area contributed by atoms with Gasteiger partial charge in [-0.15, -0.1) is 0 Å². The van der Waals surface area contributed by atoms with Crippen LogP contribution >= 0.6 is 0 Å². The van der Waals surface area contributed by atoms with Crippen LogP contribution in [0.15, 0.2) is 42.6 Å². The second-order valence-corrected chi connectivity index (χ2v) is 6.89. The maximum atomic E-state index is 12.1. The smallest absolute Gasteiger partial charge is 0.319 e. The zero-order valence-electron chi connectivity index (χ0n) is 15.8. The van der Waals surface area contributed by atoms with Crippen LogP contribution in [0.3, 0.4) is 0 Å². The molecule has 1 fully saturated rings. The van der Waals surface area contributed by atoms with E-state index in [1.807, 2.05) is 24.3 Å². The number of pyridine rings is 1. The summed E-state index contributed by atoms with van der Waals surface area (Å²) in [5.41, 5.74) is 1.94. The van der Waals surface area contributed by atoms with Crippen LogP contribution in [-0.2, 0) is 6.42 Å². The Kier molecular flexibility index (Phi) is 6.90. The fourth-order valence-electron chi connectivity index (χ4n) is 3.30. The molecule has 3 rings (SSSR count). The third kappa shape index (κ3) is 6.16. The van der Waals surface area contributed by atoms with E-state index in [4.69, 9.17) is 4.74 Å². The number of carbonyl (C=O) groups excluding carboxylic acids is 1. The number of carbonyl (C=O) groups is 1. The van der Waals surface area contributed by atoms with Gasteiger partial charge in [-0.1, -0.05) is 31.4 Å². The van der Waals surface area contributed by atoms with Crippen LogP contribution in [0.25, 0.3) is 0 Å². The van der Waals surface area contributed by atoms with Crippen molar-refractivity contribution < 1.29 is 9.53 Å². The van der Waals surface area contributed by atoms with Crippen LogP contribution in [0, 0.1) is 0 Å². The van der Waals surface area contributed by atoms with Crippen molar-refractivity contribution in [2.24, 2.45) is 0 Å². The van der Waals surface area contributed by atoms with Gasteiger partial charge in [0.2, 0.25) is 0 Å². The average molecular weight is 368 g/mol. The summed E-state index contributed by atoms with van der Waals surface area (Å²) in [5.74, 6) is 1.66. The minimum atomic E-state index is -0.149. The molecule has 0 aliphatic heterocycles. The van der Waals surface area contributed by atoms with Crippen molar-refractivity contribution in [3.63, 3.8) is 0 Å². The summed E-state index contributed by atoms with van der Waals surface area (Å²) in [6.45, 7) is 0.786. The molecule has 1 aliphatic rings. The minimum absolute atomic E-state index is 0.149. The van der Waals surface area contributed by atoms with Gasteiger partial charge in [-0.2, -0.15) is 0 Å². The molecule has 0 unspecified atom stereocenters. The summed E-state index contributed by atoms with van der Waals surface area (Å²) in [5, 5.41) is 9.19. The molecule has 0 atom stereocenters. The number of amides is 2. The van der Waals surface area contributed by atoms with Gasteiger partial charge in [0, 0.05) is 12.6 Å². The third-order valence-electron chi connectivity index (χ3n) is 4.84. The lowest BCUT2D eigenvalue weighted by Crippen LogP contribution is -2.39. The van der Waals surface area contributed by atoms with E-state index in [2.05, 4.69) is 33.1 Å². The van der Waals surface area contributed by atoms with Crippen molar-refractivity contribution in [1.29, 1.82) is 0 Å². The number of anilines is 2. The molecule has 6 nitrogen and oxygen atoms in total. The van der Waals surface area contributed by atoms with Crippen LogP contribution in [0.1, 0.15) is 37.7 Å². The molecule has 27 heavy (non-hydrogen) atoms. The number of benzene rings is 1. The molecule has 144 valence electrons. The number of nitrogens with one attached hydrogen (secondary N) is 3. The lowest BCUT2D eigenvalue weighted by molar-refractivity contribution is 0.244. The Labute approximate surface area is 160 Å². The van der Waals surface area contributed by atoms with E-state index in [0.717, 1.165) is 37.4 Å². The van der Waals surface area contributed by atoms with Gasteiger partial charge in [0.1, 0.15) is 11.6 Å². The fraction of sp³-hybridized carbons (Fsp3) is 0.429. The SMILES string of the molecule is COc1ccc(CCNc2ccc(NC(=O)NC3CCCCC3)cn2)cc1. The van der Waals surface area contributed by atoms with Crippen molar-refractivity contribution in [3.05, 3.63) is 48.2 Å². The number of hydrogen-bond donors (Lipinski definition) is 3. The second-order valence-electron chi connectivity index (χ2n) is 6.89. The van der Waals surface area contributed by atoms with E-state index in [1.54, 1.807) is 13.3 Å². The fourth-order valence-corrected chi connectivity index (χ4v) is 3.30. The standard InChI is InChI=1S/C21H28N4O2/c1-27-19-10-7-16(8-11-19)13-14-22-20-12-9-18(15-23-20)25-21(26)24-17-5-3-2-4-6-17/h7-12,15,17H,2-6,13-14H2,1H3,(H,22,23)(H2,24,25,26). The lowest BCUT2D eigenvalue weighted by atomic mass is 9.96. The Hall–Kier alpha value is -2.76. The second kappa shape index (κ2) is 9.80. The van der Waals surface area contributed by atoms with Gasteiger partial charge in [-0.3, -0.25) is 0 Å². The first-order valence-corrected chi connectivity index (χ1v) is 9.63. The molecule has 0 saturated heterocycles. The molecule has 0 spiro atoms. The van der Waals surface area contributed by atoms with E-state index in [0.29, 0.717) is 11.7 Å². The quantitative estimate of drug-likeness (QED) is 0.685. The molecule has 2 aromatic rings. The molecule has 1 heterocycles. The Morgan fingerprint density at radius 1 is 1.11 bits per heavy atom. The summed E-state index contributed by atoms with van der Waals surface area (Å²) in [6, 6.07) is 11.9. The molecular weight excluding hydrogens is 340 g/mol. The predicted molar refractivity (Wildman–Crippen MR) is 108 cm³/mol. The number of urea groups is 1. The molecule has 2 amide bonds. The summed E-state index contributed by atoms with van der Waals surface area (Å²) in [4.78, 5) is 16.4. The van der Waals surface area contributed by atoms with Crippen molar-refractivity contribution in [2.75, 3.05) is 24.3 Å².